The summed E-state index contributed by atoms with van der Waals surface area (Å²) in [7, 11) is 2.80. The molecule has 2 aromatic carbocycles. The number of likely N-dealkylation sites (tertiary alicyclic amines) is 2. The van der Waals surface area contributed by atoms with Gasteiger partial charge < -0.3 is 23.8 Å². The molecule has 4 rings (SSSR count). The lowest BCUT2D eigenvalue weighted by molar-refractivity contribution is -0.217. The standard InChI is InChI=1S/C30H37F3N2O6/c1-20(2)19-40-23-10-6-5-8-21(23)18-34-15-12-29(13-16-34)14-17-35(27(29)41-28(37)30(31,32)33)26(36)22-9-7-11-24(38-3)25(22)39-4/h5-11,20,27H,12-19H2,1-4H3. The van der Waals surface area contributed by atoms with Crippen LogP contribution in [0, 0.1) is 11.3 Å². The molecule has 8 nitrogen and oxygen atoms in total. The molecule has 1 spiro atoms. The zero-order valence-electron chi connectivity index (χ0n) is 23.8. The Morgan fingerprint density at radius 2 is 1.61 bits per heavy atom. The molecule has 224 valence electrons. The minimum Gasteiger partial charge on any atom is -0.493 e. The van der Waals surface area contributed by atoms with Crippen LogP contribution in [0.15, 0.2) is 42.5 Å². The first-order chi connectivity index (χ1) is 19.5. The molecule has 1 unspecified atom stereocenters. The summed E-state index contributed by atoms with van der Waals surface area (Å²) in [5, 5.41) is 0. The first kappa shape index (κ1) is 30.5. The molecule has 2 aliphatic heterocycles. The van der Waals surface area contributed by atoms with Crippen molar-refractivity contribution in [3.63, 3.8) is 0 Å². The summed E-state index contributed by atoms with van der Waals surface area (Å²) in [6.45, 7) is 6.62. The van der Waals surface area contributed by atoms with Crippen molar-refractivity contribution in [2.24, 2.45) is 11.3 Å². The number of benzene rings is 2. The highest BCUT2D eigenvalue weighted by Gasteiger charge is 2.55. The van der Waals surface area contributed by atoms with Gasteiger partial charge in [-0.25, -0.2) is 4.79 Å². The van der Waals surface area contributed by atoms with Gasteiger partial charge in [-0.15, -0.1) is 0 Å². The number of esters is 1. The van der Waals surface area contributed by atoms with Gasteiger partial charge in [-0.3, -0.25) is 9.69 Å². The Bertz CT molecular complexity index is 1230. The number of carbonyl (C=O) groups excluding carboxylic acids is 2. The van der Waals surface area contributed by atoms with Crippen LogP contribution in [0.25, 0.3) is 0 Å². The van der Waals surface area contributed by atoms with E-state index in [1.165, 1.54) is 25.2 Å². The van der Waals surface area contributed by atoms with Crippen LogP contribution in [0.2, 0.25) is 0 Å². The Hall–Kier alpha value is -3.47. The van der Waals surface area contributed by atoms with Crippen LogP contribution in [0.1, 0.15) is 49.0 Å². The van der Waals surface area contributed by atoms with Gasteiger partial charge in [-0.1, -0.05) is 38.1 Å². The van der Waals surface area contributed by atoms with Gasteiger partial charge >= 0.3 is 12.1 Å². The maximum absolute atomic E-state index is 13.7. The lowest BCUT2D eigenvalue weighted by atomic mass is 9.76. The Morgan fingerprint density at radius 3 is 2.24 bits per heavy atom. The molecule has 0 aromatic heterocycles. The highest BCUT2D eigenvalue weighted by molar-refractivity contribution is 5.98. The van der Waals surface area contributed by atoms with E-state index in [0.717, 1.165) is 11.3 Å². The first-order valence-corrected chi connectivity index (χ1v) is 13.7. The quantitative estimate of drug-likeness (QED) is 0.374. The number of hydrogen-bond acceptors (Lipinski definition) is 7. The van der Waals surface area contributed by atoms with Crippen molar-refractivity contribution in [2.75, 3.05) is 40.5 Å². The molecule has 0 radical (unpaired) electrons. The van der Waals surface area contributed by atoms with E-state index >= 15 is 0 Å². The highest BCUT2D eigenvalue weighted by Crippen LogP contribution is 2.48. The molecule has 0 N–H and O–H groups in total. The van der Waals surface area contributed by atoms with Crippen LogP contribution in [0.4, 0.5) is 13.2 Å². The summed E-state index contributed by atoms with van der Waals surface area (Å²) in [4.78, 5) is 29.2. The number of piperidine rings is 1. The zero-order valence-corrected chi connectivity index (χ0v) is 23.8. The summed E-state index contributed by atoms with van der Waals surface area (Å²) >= 11 is 0. The Balaban J connectivity index is 1.55. The van der Waals surface area contributed by atoms with Crippen molar-refractivity contribution in [3.05, 3.63) is 53.6 Å². The molecule has 2 fully saturated rings. The number of halogens is 3. The number of ether oxygens (including phenoxy) is 4. The van der Waals surface area contributed by atoms with Crippen molar-refractivity contribution in [3.8, 4) is 17.2 Å². The van der Waals surface area contributed by atoms with E-state index in [0.29, 0.717) is 57.2 Å². The van der Waals surface area contributed by atoms with E-state index < -0.39 is 29.7 Å². The fraction of sp³-hybridized carbons (Fsp3) is 0.533. The number of rotatable bonds is 9. The molecule has 0 bridgehead atoms. The molecule has 1 atom stereocenters. The lowest BCUT2D eigenvalue weighted by Gasteiger charge is -2.43. The molecule has 2 heterocycles. The van der Waals surface area contributed by atoms with Gasteiger partial charge in [-0.05, 0) is 56.5 Å². The van der Waals surface area contributed by atoms with Crippen molar-refractivity contribution >= 4 is 11.9 Å². The van der Waals surface area contributed by atoms with Crippen molar-refractivity contribution in [1.82, 2.24) is 9.80 Å². The average Bonchev–Trinajstić information content (AvgIpc) is 3.29. The number of para-hydroxylation sites is 2. The molecular weight excluding hydrogens is 541 g/mol. The van der Waals surface area contributed by atoms with E-state index in [-0.39, 0.29) is 17.9 Å². The Labute approximate surface area is 238 Å². The number of nitrogens with zero attached hydrogens (tertiary/aromatic N) is 2. The van der Waals surface area contributed by atoms with Crippen molar-refractivity contribution in [2.45, 2.75) is 52.1 Å². The van der Waals surface area contributed by atoms with E-state index in [9.17, 15) is 22.8 Å². The van der Waals surface area contributed by atoms with Crippen LogP contribution in [0.5, 0.6) is 17.2 Å². The third-order valence-corrected chi connectivity index (χ3v) is 7.79. The van der Waals surface area contributed by atoms with Gasteiger partial charge in [0.25, 0.3) is 5.91 Å². The maximum atomic E-state index is 13.7. The van der Waals surface area contributed by atoms with E-state index in [4.69, 9.17) is 18.9 Å². The van der Waals surface area contributed by atoms with Gasteiger partial charge in [0.2, 0.25) is 0 Å². The molecule has 0 aliphatic carbocycles. The van der Waals surface area contributed by atoms with Crippen molar-refractivity contribution < 1.29 is 41.7 Å². The number of hydrogen-bond donors (Lipinski definition) is 0. The fourth-order valence-electron chi connectivity index (χ4n) is 5.62. The van der Waals surface area contributed by atoms with Crippen LogP contribution in [0.3, 0.4) is 0 Å². The minimum absolute atomic E-state index is 0.118. The predicted molar refractivity (Wildman–Crippen MR) is 145 cm³/mol. The predicted octanol–water partition coefficient (Wildman–Crippen LogP) is 5.30. The monoisotopic (exact) mass is 578 g/mol. The molecule has 0 saturated carbocycles. The average molecular weight is 579 g/mol. The van der Waals surface area contributed by atoms with Gasteiger partial charge in [0, 0.05) is 24.1 Å². The third-order valence-electron chi connectivity index (χ3n) is 7.79. The van der Waals surface area contributed by atoms with E-state index in [1.54, 1.807) is 12.1 Å². The van der Waals surface area contributed by atoms with Gasteiger partial charge in [0.1, 0.15) is 5.75 Å². The van der Waals surface area contributed by atoms with E-state index in [2.05, 4.69) is 18.7 Å². The summed E-state index contributed by atoms with van der Waals surface area (Å²) in [6.07, 6.45) is -5.24. The van der Waals surface area contributed by atoms with Crippen LogP contribution >= 0.6 is 0 Å². The minimum atomic E-state index is -5.19. The smallest absolute Gasteiger partial charge is 0.491 e. The third kappa shape index (κ3) is 6.72. The molecule has 2 aliphatic rings. The first-order valence-electron chi connectivity index (χ1n) is 13.7. The number of methoxy groups -OCH3 is 2. The van der Waals surface area contributed by atoms with Crippen LogP contribution in [-0.4, -0.2) is 74.5 Å². The SMILES string of the molecule is COc1cccc(C(=O)N2CCC3(CCN(Cc4ccccc4OCC(C)C)CC3)C2OC(=O)C(F)(F)F)c1OC. The second-order valence-corrected chi connectivity index (χ2v) is 11.0. The number of alkyl halides is 3. The molecular formula is C30H37F3N2O6. The Kier molecular flexibility index (Phi) is 9.36. The highest BCUT2D eigenvalue weighted by atomic mass is 19.4. The summed E-state index contributed by atoms with van der Waals surface area (Å²) < 4.78 is 61.8. The Morgan fingerprint density at radius 1 is 0.951 bits per heavy atom. The fourth-order valence-corrected chi connectivity index (χ4v) is 5.62. The zero-order chi connectivity index (χ0) is 29.8. The number of amides is 1. The molecule has 41 heavy (non-hydrogen) atoms. The van der Waals surface area contributed by atoms with Crippen LogP contribution in [-0.2, 0) is 16.1 Å². The number of carbonyl (C=O) groups is 2. The second-order valence-electron chi connectivity index (χ2n) is 11.0. The van der Waals surface area contributed by atoms with Gasteiger partial charge in [0.05, 0.1) is 26.4 Å². The van der Waals surface area contributed by atoms with Gasteiger partial charge in [-0.2, -0.15) is 13.2 Å². The maximum Gasteiger partial charge on any atom is 0.491 e. The summed E-state index contributed by atoms with van der Waals surface area (Å²) in [6, 6.07) is 12.5. The lowest BCUT2D eigenvalue weighted by Crippen LogP contribution is -2.51. The van der Waals surface area contributed by atoms with Crippen molar-refractivity contribution in [1.29, 1.82) is 0 Å². The van der Waals surface area contributed by atoms with E-state index in [1.807, 2.05) is 24.3 Å². The van der Waals surface area contributed by atoms with Gasteiger partial charge in [0.15, 0.2) is 17.7 Å². The molecule has 2 aromatic rings. The summed E-state index contributed by atoms with van der Waals surface area (Å²) in [5.41, 5.74) is 0.331. The summed E-state index contributed by atoms with van der Waals surface area (Å²) in [5.74, 6) is -1.24. The second kappa shape index (κ2) is 12.6. The molecule has 11 heteroatoms. The largest absolute Gasteiger partial charge is 0.493 e. The molecule has 2 saturated heterocycles. The normalized spacial score (nSPS) is 18.9. The topological polar surface area (TPSA) is 77.5 Å². The molecule has 1 amide bonds. The van der Waals surface area contributed by atoms with Crippen LogP contribution < -0.4 is 14.2 Å².